The Morgan fingerprint density at radius 2 is 1.92 bits per heavy atom. The molecule has 1 atom stereocenters. The van der Waals surface area contributed by atoms with Gasteiger partial charge in [0.2, 0.25) is 5.91 Å². The van der Waals surface area contributed by atoms with Gasteiger partial charge in [-0.1, -0.05) is 24.3 Å². The Balaban J connectivity index is 1.95. The van der Waals surface area contributed by atoms with Crippen molar-refractivity contribution in [3.63, 3.8) is 0 Å². The molecule has 0 aliphatic heterocycles. The summed E-state index contributed by atoms with van der Waals surface area (Å²) in [5.74, 6) is 0.710. The molecule has 6 nitrogen and oxygen atoms in total. The number of rotatable bonds is 7. The molecule has 0 spiro atoms. The van der Waals surface area contributed by atoms with Gasteiger partial charge >= 0.3 is 0 Å². The fourth-order valence-electron chi connectivity index (χ4n) is 2.64. The van der Waals surface area contributed by atoms with E-state index in [9.17, 15) is 14.9 Å². The monoisotopic (exact) mass is 356 g/mol. The lowest BCUT2D eigenvalue weighted by Gasteiger charge is -2.25. The highest BCUT2D eigenvalue weighted by Gasteiger charge is 2.19. The SMILES string of the molecule is Cc1cccc(OCCC(=O)N(C)[C@H](C)c2cccc([N+](=O)[O-])c2)c1C. The molecule has 2 aromatic carbocycles. The van der Waals surface area contributed by atoms with Gasteiger partial charge in [0.1, 0.15) is 5.75 Å². The molecule has 6 heteroatoms. The Morgan fingerprint density at radius 1 is 1.23 bits per heavy atom. The lowest BCUT2D eigenvalue weighted by molar-refractivity contribution is -0.384. The van der Waals surface area contributed by atoms with Crippen molar-refractivity contribution in [2.24, 2.45) is 0 Å². The van der Waals surface area contributed by atoms with Crippen molar-refractivity contribution in [3.05, 3.63) is 69.3 Å². The first-order valence-corrected chi connectivity index (χ1v) is 8.50. The van der Waals surface area contributed by atoms with Crippen LogP contribution in [0.25, 0.3) is 0 Å². The molecule has 0 radical (unpaired) electrons. The van der Waals surface area contributed by atoms with Crippen LogP contribution in [0.2, 0.25) is 0 Å². The van der Waals surface area contributed by atoms with Crippen LogP contribution in [0.15, 0.2) is 42.5 Å². The van der Waals surface area contributed by atoms with Gasteiger partial charge < -0.3 is 9.64 Å². The van der Waals surface area contributed by atoms with E-state index in [2.05, 4.69) is 0 Å². The zero-order chi connectivity index (χ0) is 19.3. The molecule has 0 aromatic heterocycles. The predicted molar refractivity (Wildman–Crippen MR) is 100 cm³/mol. The number of carbonyl (C=O) groups excluding carboxylic acids is 1. The van der Waals surface area contributed by atoms with E-state index in [0.29, 0.717) is 0 Å². The molecule has 0 saturated heterocycles. The first-order chi connectivity index (χ1) is 12.3. The molecular weight excluding hydrogens is 332 g/mol. The van der Waals surface area contributed by atoms with Crippen LogP contribution >= 0.6 is 0 Å². The highest BCUT2D eigenvalue weighted by atomic mass is 16.6. The summed E-state index contributed by atoms with van der Waals surface area (Å²) in [5.41, 5.74) is 2.96. The zero-order valence-electron chi connectivity index (χ0n) is 15.6. The second-order valence-electron chi connectivity index (χ2n) is 6.33. The van der Waals surface area contributed by atoms with Gasteiger partial charge in [-0.05, 0) is 43.5 Å². The third-order valence-electron chi connectivity index (χ3n) is 4.67. The minimum absolute atomic E-state index is 0.0217. The normalized spacial score (nSPS) is 11.7. The van der Waals surface area contributed by atoms with Gasteiger partial charge in [0.25, 0.3) is 5.69 Å². The van der Waals surface area contributed by atoms with Crippen LogP contribution in [-0.2, 0) is 4.79 Å². The number of amides is 1. The quantitative estimate of drug-likeness (QED) is 0.550. The number of ether oxygens (including phenoxy) is 1. The minimum atomic E-state index is -0.434. The highest BCUT2D eigenvalue weighted by molar-refractivity contribution is 5.76. The van der Waals surface area contributed by atoms with Crippen molar-refractivity contribution >= 4 is 11.6 Å². The van der Waals surface area contributed by atoms with Gasteiger partial charge in [0.15, 0.2) is 0 Å². The molecule has 0 fully saturated rings. The summed E-state index contributed by atoms with van der Waals surface area (Å²) in [6.45, 7) is 6.14. The predicted octanol–water partition coefficient (Wildman–Crippen LogP) is 4.20. The van der Waals surface area contributed by atoms with E-state index in [1.165, 1.54) is 12.1 Å². The molecule has 2 rings (SSSR count). The second kappa shape index (κ2) is 8.47. The zero-order valence-corrected chi connectivity index (χ0v) is 15.6. The maximum atomic E-state index is 12.4. The Kier molecular flexibility index (Phi) is 6.33. The first kappa shape index (κ1) is 19.4. The average Bonchev–Trinajstić information content (AvgIpc) is 2.63. The molecule has 0 bridgehead atoms. The molecule has 0 saturated carbocycles. The number of hydrogen-bond donors (Lipinski definition) is 0. The van der Waals surface area contributed by atoms with E-state index >= 15 is 0 Å². The van der Waals surface area contributed by atoms with Crippen molar-refractivity contribution in [2.75, 3.05) is 13.7 Å². The van der Waals surface area contributed by atoms with Crippen LogP contribution < -0.4 is 4.74 Å². The van der Waals surface area contributed by atoms with Gasteiger partial charge in [0, 0.05) is 19.2 Å². The van der Waals surface area contributed by atoms with Crippen LogP contribution in [0.4, 0.5) is 5.69 Å². The third-order valence-corrected chi connectivity index (χ3v) is 4.67. The Morgan fingerprint density at radius 3 is 2.62 bits per heavy atom. The molecule has 0 N–H and O–H groups in total. The van der Waals surface area contributed by atoms with Gasteiger partial charge in [0.05, 0.1) is 24.0 Å². The molecule has 1 amide bonds. The van der Waals surface area contributed by atoms with E-state index in [1.807, 2.05) is 39.0 Å². The standard InChI is InChI=1S/C20H24N2O4/c1-14-7-5-10-19(15(14)2)26-12-11-20(23)21(4)16(3)17-8-6-9-18(13-17)22(24)25/h5-10,13,16H,11-12H2,1-4H3/t16-/m1/s1. The molecule has 2 aromatic rings. The maximum absolute atomic E-state index is 12.4. The first-order valence-electron chi connectivity index (χ1n) is 8.50. The fourth-order valence-corrected chi connectivity index (χ4v) is 2.64. The van der Waals surface area contributed by atoms with Crippen molar-refractivity contribution in [1.29, 1.82) is 0 Å². The van der Waals surface area contributed by atoms with Crippen LogP contribution in [0, 0.1) is 24.0 Å². The number of nitro groups is 1. The Hall–Kier alpha value is -2.89. The average molecular weight is 356 g/mol. The molecule has 0 unspecified atom stereocenters. The molecule has 0 aliphatic rings. The summed E-state index contributed by atoms with van der Waals surface area (Å²) in [6, 6.07) is 11.9. The molecular formula is C20H24N2O4. The number of nitro benzene ring substituents is 1. The maximum Gasteiger partial charge on any atom is 0.269 e. The topological polar surface area (TPSA) is 72.7 Å². The number of hydrogen-bond acceptors (Lipinski definition) is 4. The highest BCUT2D eigenvalue weighted by Crippen LogP contribution is 2.24. The summed E-state index contributed by atoms with van der Waals surface area (Å²) in [5, 5.41) is 10.9. The molecule has 0 heterocycles. The summed E-state index contributed by atoms with van der Waals surface area (Å²) < 4.78 is 5.74. The van der Waals surface area contributed by atoms with Gasteiger partial charge in [-0.3, -0.25) is 14.9 Å². The number of non-ortho nitro benzene ring substituents is 1. The summed E-state index contributed by atoms with van der Waals surface area (Å²) in [6.07, 6.45) is 0.239. The van der Waals surface area contributed by atoms with Gasteiger partial charge in [-0.15, -0.1) is 0 Å². The van der Waals surface area contributed by atoms with E-state index in [1.54, 1.807) is 24.1 Å². The van der Waals surface area contributed by atoms with Crippen molar-refractivity contribution < 1.29 is 14.5 Å². The molecule has 138 valence electrons. The Labute approximate surface area is 153 Å². The number of benzene rings is 2. The van der Waals surface area contributed by atoms with E-state index in [4.69, 9.17) is 4.74 Å². The van der Waals surface area contributed by atoms with E-state index in [0.717, 1.165) is 22.4 Å². The lowest BCUT2D eigenvalue weighted by Crippen LogP contribution is -2.30. The molecule has 0 aliphatic carbocycles. The number of nitrogens with zero attached hydrogens (tertiary/aromatic N) is 2. The van der Waals surface area contributed by atoms with Crippen LogP contribution in [0.5, 0.6) is 5.75 Å². The Bertz CT molecular complexity index is 804. The second-order valence-corrected chi connectivity index (χ2v) is 6.33. The summed E-state index contributed by atoms with van der Waals surface area (Å²) in [7, 11) is 1.70. The minimum Gasteiger partial charge on any atom is -0.493 e. The molecule has 26 heavy (non-hydrogen) atoms. The van der Waals surface area contributed by atoms with E-state index < -0.39 is 4.92 Å². The fraction of sp³-hybridized carbons (Fsp3) is 0.350. The van der Waals surface area contributed by atoms with Crippen molar-refractivity contribution in [2.45, 2.75) is 33.2 Å². The van der Waals surface area contributed by atoms with Crippen LogP contribution in [0.3, 0.4) is 0 Å². The van der Waals surface area contributed by atoms with Crippen LogP contribution in [0.1, 0.15) is 36.1 Å². The van der Waals surface area contributed by atoms with Crippen LogP contribution in [-0.4, -0.2) is 29.4 Å². The smallest absolute Gasteiger partial charge is 0.269 e. The van der Waals surface area contributed by atoms with Gasteiger partial charge in [-0.25, -0.2) is 0 Å². The van der Waals surface area contributed by atoms with E-state index in [-0.39, 0.29) is 30.7 Å². The lowest BCUT2D eigenvalue weighted by atomic mass is 10.1. The van der Waals surface area contributed by atoms with Crippen molar-refractivity contribution in [1.82, 2.24) is 4.90 Å². The summed E-state index contributed by atoms with van der Waals surface area (Å²) in [4.78, 5) is 24.5. The summed E-state index contributed by atoms with van der Waals surface area (Å²) >= 11 is 0. The largest absolute Gasteiger partial charge is 0.493 e. The van der Waals surface area contributed by atoms with Crippen molar-refractivity contribution in [3.8, 4) is 5.75 Å². The third kappa shape index (κ3) is 4.59. The number of aryl methyl sites for hydroxylation is 1. The number of carbonyl (C=O) groups is 1. The van der Waals surface area contributed by atoms with Gasteiger partial charge in [-0.2, -0.15) is 0 Å².